The van der Waals surface area contributed by atoms with Gasteiger partial charge in [0.2, 0.25) is 0 Å². The molecule has 3 rings (SSSR count). The summed E-state index contributed by atoms with van der Waals surface area (Å²) < 4.78 is 44.7. The van der Waals surface area contributed by atoms with Gasteiger partial charge in [0.05, 0.1) is 19.2 Å². The molecule has 0 fully saturated rings. The third-order valence-electron chi connectivity index (χ3n) is 4.65. The van der Waals surface area contributed by atoms with E-state index >= 15 is 0 Å². The largest absolute Gasteiger partial charge is 0.496 e. The van der Waals surface area contributed by atoms with Crippen LogP contribution in [0.4, 0.5) is 13.2 Å². The summed E-state index contributed by atoms with van der Waals surface area (Å²) in [5.41, 5.74) is 0.913. The monoisotopic (exact) mass is 470 g/mol. The van der Waals surface area contributed by atoms with Crippen molar-refractivity contribution in [1.29, 1.82) is 0 Å². The fraction of sp³-hybridized carbons (Fsp3) is 0.238. The third-order valence-corrected chi connectivity index (χ3v) is 5.97. The number of nitrogens with zero attached hydrogens (tertiary/aromatic N) is 1. The molecule has 0 radical (unpaired) electrons. The minimum absolute atomic E-state index is 0.0324. The molecule has 0 unspecified atom stereocenters. The van der Waals surface area contributed by atoms with E-state index in [1.807, 2.05) is 0 Å². The Balaban J connectivity index is 1.75. The number of carbonyl (C=O) groups excluding carboxylic acids is 1. The van der Waals surface area contributed by atoms with Crippen molar-refractivity contribution < 1.29 is 22.7 Å². The van der Waals surface area contributed by atoms with Crippen LogP contribution in [0.15, 0.2) is 47.3 Å². The van der Waals surface area contributed by atoms with Gasteiger partial charge in [0.1, 0.15) is 10.6 Å². The van der Waals surface area contributed by atoms with E-state index in [0.717, 1.165) is 23.5 Å². The van der Waals surface area contributed by atoms with Crippen molar-refractivity contribution in [2.45, 2.75) is 26.2 Å². The van der Waals surface area contributed by atoms with Crippen molar-refractivity contribution in [1.82, 2.24) is 9.88 Å². The molecule has 1 N–H and O–H groups in total. The number of ether oxygens (including phenoxy) is 1. The molecule has 0 saturated carbocycles. The Hall–Kier alpha value is -2.78. The first-order valence-electron chi connectivity index (χ1n) is 9.07. The number of methoxy groups -OCH3 is 1. The predicted molar refractivity (Wildman–Crippen MR) is 113 cm³/mol. The van der Waals surface area contributed by atoms with Gasteiger partial charge < -0.3 is 10.1 Å². The van der Waals surface area contributed by atoms with Crippen LogP contribution in [-0.4, -0.2) is 17.6 Å². The fourth-order valence-corrected chi connectivity index (χ4v) is 4.09. The summed E-state index contributed by atoms with van der Waals surface area (Å²) in [4.78, 5) is 25.0. The quantitative estimate of drug-likeness (QED) is 0.558. The van der Waals surface area contributed by atoms with Gasteiger partial charge in [-0.05, 0) is 42.8 Å². The smallest absolute Gasteiger partial charge is 0.416 e. The zero-order valence-corrected chi connectivity index (χ0v) is 18.1. The van der Waals surface area contributed by atoms with Gasteiger partial charge in [-0.15, -0.1) is 0 Å². The fourth-order valence-electron chi connectivity index (χ4n) is 2.98. The van der Waals surface area contributed by atoms with Crippen molar-refractivity contribution >= 4 is 28.8 Å². The van der Waals surface area contributed by atoms with Crippen LogP contribution in [0.2, 0.25) is 5.02 Å². The van der Waals surface area contributed by atoms with Crippen molar-refractivity contribution in [3.63, 3.8) is 0 Å². The second-order valence-electron chi connectivity index (χ2n) is 6.70. The molecule has 10 heteroatoms. The molecule has 1 amide bonds. The first-order valence-corrected chi connectivity index (χ1v) is 10.3. The second-order valence-corrected chi connectivity index (χ2v) is 8.10. The van der Waals surface area contributed by atoms with Crippen molar-refractivity contribution in [2.24, 2.45) is 0 Å². The molecule has 0 aliphatic heterocycles. The summed E-state index contributed by atoms with van der Waals surface area (Å²) in [5.74, 6) is 0.0894. The summed E-state index contributed by atoms with van der Waals surface area (Å²) in [7, 11) is 1.51. The standard InChI is InChI=1S/C21H18ClF3N2O3S/c1-12-18(19(28)26-10-13-3-5-15(6-4-13)21(23,24)25)31-20(29)27(12)11-14-9-16(22)7-8-17(14)30-2/h3-9H,10-11H2,1-2H3,(H,26,28). The maximum absolute atomic E-state index is 12.7. The Kier molecular flexibility index (Phi) is 6.76. The van der Waals surface area contributed by atoms with Gasteiger partial charge in [0.15, 0.2) is 0 Å². The lowest BCUT2D eigenvalue weighted by Crippen LogP contribution is -2.23. The zero-order valence-electron chi connectivity index (χ0n) is 16.5. The number of thiazole rings is 1. The number of hydrogen-bond acceptors (Lipinski definition) is 4. The van der Waals surface area contributed by atoms with E-state index in [1.165, 1.54) is 23.8 Å². The van der Waals surface area contributed by atoms with E-state index in [2.05, 4.69) is 5.32 Å². The van der Waals surface area contributed by atoms with Gasteiger partial charge in [-0.2, -0.15) is 13.2 Å². The zero-order chi connectivity index (χ0) is 22.8. The Labute approximate surface area is 185 Å². The van der Waals surface area contributed by atoms with Gasteiger partial charge in [-0.1, -0.05) is 35.1 Å². The van der Waals surface area contributed by atoms with Gasteiger partial charge in [-0.3, -0.25) is 14.2 Å². The Morgan fingerprint density at radius 2 is 1.87 bits per heavy atom. The molecule has 31 heavy (non-hydrogen) atoms. The summed E-state index contributed by atoms with van der Waals surface area (Å²) in [6.07, 6.45) is -4.42. The van der Waals surface area contributed by atoms with Crippen LogP contribution in [0.1, 0.15) is 32.1 Å². The molecule has 2 aromatic carbocycles. The Morgan fingerprint density at radius 3 is 2.48 bits per heavy atom. The first-order chi connectivity index (χ1) is 14.6. The molecular weight excluding hydrogens is 453 g/mol. The summed E-state index contributed by atoms with van der Waals surface area (Å²) in [5, 5.41) is 3.13. The maximum atomic E-state index is 12.7. The topological polar surface area (TPSA) is 60.3 Å². The van der Waals surface area contributed by atoms with Crippen LogP contribution in [0, 0.1) is 6.92 Å². The predicted octanol–water partition coefficient (Wildman–Crippen LogP) is 4.88. The van der Waals surface area contributed by atoms with Crippen LogP contribution in [0.25, 0.3) is 0 Å². The van der Waals surface area contributed by atoms with Gasteiger partial charge in [0, 0.05) is 22.8 Å². The minimum Gasteiger partial charge on any atom is -0.496 e. The van der Waals surface area contributed by atoms with Crippen LogP contribution in [-0.2, 0) is 19.3 Å². The SMILES string of the molecule is COc1ccc(Cl)cc1Cn1c(C)c(C(=O)NCc2ccc(C(F)(F)F)cc2)sc1=O. The van der Waals surface area contributed by atoms with E-state index < -0.39 is 17.6 Å². The first kappa shape index (κ1) is 22.9. The molecule has 0 aliphatic rings. The van der Waals surface area contributed by atoms with Gasteiger partial charge >= 0.3 is 11.0 Å². The normalized spacial score (nSPS) is 11.4. The highest BCUT2D eigenvalue weighted by molar-refractivity contribution is 7.11. The third kappa shape index (κ3) is 5.29. The van der Waals surface area contributed by atoms with Crippen molar-refractivity contribution in [2.75, 3.05) is 7.11 Å². The van der Waals surface area contributed by atoms with Crippen LogP contribution in [0.3, 0.4) is 0 Å². The summed E-state index contributed by atoms with van der Waals surface area (Å²) >= 11 is 6.84. The van der Waals surface area contributed by atoms with E-state index in [4.69, 9.17) is 16.3 Å². The highest BCUT2D eigenvalue weighted by Gasteiger charge is 2.30. The number of benzene rings is 2. The van der Waals surface area contributed by atoms with E-state index in [-0.39, 0.29) is 22.8 Å². The van der Waals surface area contributed by atoms with E-state index in [0.29, 0.717) is 27.6 Å². The van der Waals surface area contributed by atoms with Gasteiger partial charge in [0.25, 0.3) is 5.91 Å². The number of alkyl halides is 3. The van der Waals surface area contributed by atoms with E-state index in [9.17, 15) is 22.8 Å². The molecule has 3 aromatic rings. The maximum Gasteiger partial charge on any atom is 0.416 e. The van der Waals surface area contributed by atoms with Crippen molar-refractivity contribution in [3.05, 3.63) is 84.4 Å². The Morgan fingerprint density at radius 1 is 1.19 bits per heavy atom. The summed E-state index contributed by atoms with van der Waals surface area (Å²) in [6.45, 7) is 1.86. The molecule has 1 heterocycles. The molecule has 0 spiro atoms. The summed E-state index contributed by atoms with van der Waals surface area (Å²) in [6, 6.07) is 9.58. The number of aromatic nitrogens is 1. The molecule has 1 aromatic heterocycles. The molecule has 0 atom stereocenters. The molecule has 0 saturated heterocycles. The number of nitrogens with one attached hydrogen (secondary N) is 1. The van der Waals surface area contributed by atoms with Crippen molar-refractivity contribution in [3.8, 4) is 5.75 Å². The molecule has 164 valence electrons. The highest BCUT2D eigenvalue weighted by Crippen LogP contribution is 2.29. The lowest BCUT2D eigenvalue weighted by molar-refractivity contribution is -0.137. The number of rotatable bonds is 6. The average Bonchev–Trinajstić information content (AvgIpc) is 3.00. The number of carbonyl (C=O) groups is 1. The van der Waals surface area contributed by atoms with Crippen LogP contribution < -0.4 is 14.9 Å². The molecule has 0 bridgehead atoms. The second kappa shape index (κ2) is 9.15. The van der Waals surface area contributed by atoms with E-state index in [1.54, 1.807) is 25.1 Å². The minimum atomic E-state index is -4.42. The number of amides is 1. The van der Waals surface area contributed by atoms with Crippen LogP contribution >= 0.6 is 22.9 Å². The number of hydrogen-bond donors (Lipinski definition) is 1. The highest BCUT2D eigenvalue weighted by atomic mass is 35.5. The Bertz CT molecular complexity index is 1150. The molecule has 0 aliphatic carbocycles. The van der Waals surface area contributed by atoms with Gasteiger partial charge in [-0.25, -0.2) is 0 Å². The lowest BCUT2D eigenvalue weighted by Gasteiger charge is -2.11. The van der Waals surface area contributed by atoms with Crippen LogP contribution in [0.5, 0.6) is 5.75 Å². The molecular formula is C21H18ClF3N2O3S. The lowest BCUT2D eigenvalue weighted by atomic mass is 10.1. The average molecular weight is 471 g/mol. The molecule has 5 nitrogen and oxygen atoms in total. The number of halogens is 4.